The number of oxime groups is 1. The van der Waals surface area contributed by atoms with Gasteiger partial charge >= 0.3 is 12.2 Å². The first-order valence-electron chi connectivity index (χ1n) is 35.0. The average Bonchev–Trinajstić information content (AvgIpc) is 1.15. The highest BCUT2D eigenvalue weighted by Gasteiger charge is 2.48. The lowest BCUT2D eigenvalue weighted by molar-refractivity contribution is -0.172. The van der Waals surface area contributed by atoms with Crippen LogP contribution in [0.1, 0.15) is 169 Å². The van der Waals surface area contributed by atoms with Gasteiger partial charge in [-0.25, -0.2) is 4.39 Å². The monoisotopic (exact) mass is 1310 g/mol. The van der Waals surface area contributed by atoms with Gasteiger partial charge in [-0.05, 0) is 268 Å². The van der Waals surface area contributed by atoms with Crippen molar-refractivity contribution in [3.63, 3.8) is 0 Å². The molecule has 1 saturated heterocycles. The van der Waals surface area contributed by atoms with Crippen molar-refractivity contribution < 1.29 is 33.1 Å². The largest absolute Gasteiger partial charge is 0.478 e. The van der Waals surface area contributed by atoms with Gasteiger partial charge in [0.2, 0.25) is 0 Å². The van der Waals surface area contributed by atoms with E-state index in [0.29, 0.717) is 47.2 Å². The summed E-state index contributed by atoms with van der Waals surface area (Å²) in [7, 11) is 8.60. The number of amides is 3. The highest BCUT2D eigenvalue weighted by atomic mass is 35.5. The van der Waals surface area contributed by atoms with E-state index in [1.807, 2.05) is 94.4 Å². The quantitative estimate of drug-likeness (QED) is 0.0327. The van der Waals surface area contributed by atoms with Crippen LogP contribution in [-0.4, -0.2) is 137 Å². The first-order valence-corrected chi connectivity index (χ1v) is 35.4. The molecule has 95 heavy (non-hydrogen) atoms. The molecule has 1 aliphatic heterocycles. The zero-order valence-corrected chi connectivity index (χ0v) is 58.6. The average molecular weight is 1320 g/mol. The lowest BCUT2D eigenvalue weighted by Gasteiger charge is -2.53. The van der Waals surface area contributed by atoms with Crippen LogP contribution < -0.4 is 20.1 Å². The first kappa shape index (κ1) is 72.2. The number of carbonyl (C=O) groups is 3. The number of likely N-dealkylation sites (N-methyl/N-ethyl adjacent to an activating group) is 1. The number of hydrogen-bond donors (Lipinski definition) is 2. The number of nitrogens with zero attached hydrogens (tertiary/aromatic N) is 5. The standard InChI is InChI=1S/C45H61FN4O3.C35H44ClN3O3/c1-35(2)47-53-43(52-40-20-11-8-12-21-40)42(51)50(38-23-27-44(28-24-38,48(3)4)34-37-19-13-14-22-41(37)46)39-25-29-45(30-26-39,33-36-17-9-7-10-18-36)49-31-15-5-6-16-32-49;1-34(2,42-31-16-10-27(11-17-31)21-25-37-32(40)28-12-14-29(36)15-13-28)33(41)38-30-19-23-35(24-20-30,39(3)4)22-18-26-8-6-5-7-9-26/h7-14,17-22,38-39,43H,5-6,15-16,23-34H2,1-4H3;5-17,30H,18-25H2,1-4H3,(H,37,40)(H,38,41). The number of likely N-dealkylation sites (tertiary alicyclic amines) is 1. The third-order valence-corrected chi connectivity index (χ3v) is 21.2. The van der Waals surface area contributed by atoms with Crippen molar-refractivity contribution in [2.24, 2.45) is 5.16 Å². The van der Waals surface area contributed by atoms with Gasteiger partial charge in [-0.1, -0.05) is 139 Å². The molecule has 2 N–H and O–H groups in total. The second-order valence-electron chi connectivity index (χ2n) is 28.4. The molecule has 13 nitrogen and oxygen atoms in total. The molecule has 510 valence electrons. The Bertz CT molecular complexity index is 3350. The molecule has 1 heterocycles. The number of nitrogens with one attached hydrogen (secondary N) is 2. The molecule has 1 unspecified atom stereocenters. The molecular weight excluding hydrogens is 1210 g/mol. The summed E-state index contributed by atoms with van der Waals surface area (Å²) in [6.07, 6.45) is 19.8. The number of benzene rings is 6. The summed E-state index contributed by atoms with van der Waals surface area (Å²) in [5.41, 5.74) is 4.91. The van der Waals surface area contributed by atoms with Gasteiger partial charge in [0.15, 0.2) is 5.60 Å². The van der Waals surface area contributed by atoms with E-state index in [0.717, 1.165) is 121 Å². The van der Waals surface area contributed by atoms with Crippen LogP contribution in [0.2, 0.25) is 5.02 Å². The van der Waals surface area contributed by atoms with Crippen LogP contribution in [0.5, 0.6) is 11.5 Å². The Labute approximate surface area is 571 Å². The molecule has 3 amide bonds. The predicted octanol–water partition coefficient (Wildman–Crippen LogP) is 15.5. The summed E-state index contributed by atoms with van der Waals surface area (Å²) in [4.78, 5) is 56.2. The summed E-state index contributed by atoms with van der Waals surface area (Å²) in [6.45, 7) is 10.1. The third kappa shape index (κ3) is 20.0. The van der Waals surface area contributed by atoms with Crippen molar-refractivity contribution in [1.29, 1.82) is 0 Å². The highest BCUT2D eigenvalue weighted by Crippen LogP contribution is 2.44. The molecule has 1 atom stereocenters. The van der Waals surface area contributed by atoms with E-state index in [9.17, 15) is 14.0 Å². The van der Waals surface area contributed by atoms with Crippen molar-refractivity contribution in [2.75, 3.05) is 47.8 Å². The number of aryl methyl sites for hydroxylation is 1. The highest BCUT2D eigenvalue weighted by molar-refractivity contribution is 6.30. The minimum Gasteiger partial charge on any atom is -0.478 e. The lowest BCUT2D eigenvalue weighted by atomic mass is 9.72. The molecule has 0 bridgehead atoms. The van der Waals surface area contributed by atoms with E-state index < -0.39 is 11.9 Å². The van der Waals surface area contributed by atoms with Crippen LogP contribution in [0.3, 0.4) is 0 Å². The lowest BCUT2D eigenvalue weighted by Crippen LogP contribution is -2.60. The van der Waals surface area contributed by atoms with Crippen LogP contribution in [0.4, 0.5) is 4.39 Å². The second-order valence-corrected chi connectivity index (χ2v) is 28.8. The normalized spacial score (nSPS) is 22.8. The summed E-state index contributed by atoms with van der Waals surface area (Å²) < 4.78 is 27.4. The van der Waals surface area contributed by atoms with Crippen molar-refractivity contribution in [3.05, 3.63) is 202 Å². The van der Waals surface area contributed by atoms with Gasteiger partial charge in [0, 0.05) is 51.9 Å². The molecule has 0 radical (unpaired) electrons. The summed E-state index contributed by atoms with van der Waals surface area (Å²) >= 11 is 5.89. The fourth-order valence-corrected chi connectivity index (χ4v) is 15.2. The van der Waals surface area contributed by atoms with Gasteiger partial charge in [0.1, 0.15) is 17.3 Å². The molecule has 10 rings (SSSR count). The minimum atomic E-state index is -1.20. The molecule has 6 aromatic carbocycles. The van der Waals surface area contributed by atoms with E-state index >= 15 is 4.79 Å². The van der Waals surface area contributed by atoms with Crippen molar-refractivity contribution >= 4 is 35.0 Å². The number of hydrogen-bond acceptors (Lipinski definition) is 10. The summed E-state index contributed by atoms with van der Waals surface area (Å²) in [6, 6.07) is 53.0. The molecule has 15 heteroatoms. The Hall–Kier alpha value is -7.10. The first-order chi connectivity index (χ1) is 45.7. The van der Waals surface area contributed by atoms with Gasteiger partial charge in [-0.3, -0.25) is 19.3 Å². The number of para-hydroxylation sites is 1. The van der Waals surface area contributed by atoms with E-state index in [4.69, 9.17) is 25.9 Å². The summed E-state index contributed by atoms with van der Waals surface area (Å²) in [5.74, 6) is 0.677. The molecule has 4 fully saturated rings. The number of ether oxygens (including phenoxy) is 2. The fraction of sp³-hybridized carbons (Fsp3) is 0.500. The van der Waals surface area contributed by atoms with Gasteiger partial charge in [0.25, 0.3) is 11.8 Å². The van der Waals surface area contributed by atoms with Gasteiger partial charge in [0.05, 0.1) is 5.71 Å². The molecule has 6 aromatic rings. The molecular formula is C80H105ClFN7O6. The Balaban J connectivity index is 0.000000230. The zero-order chi connectivity index (χ0) is 67.4. The molecule has 3 aliphatic carbocycles. The zero-order valence-electron chi connectivity index (χ0n) is 57.8. The van der Waals surface area contributed by atoms with E-state index in [1.165, 1.54) is 36.8 Å². The second kappa shape index (κ2) is 34.2. The SMILES string of the molecule is CC(C)=NOC(Oc1ccccc1)C(=O)N(C1CCC(Cc2ccccc2F)(N(C)C)CC1)C1CCC(Cc2ccccc2)(N2CCCCCC2)CC1.CN(C)C1(CCc2ccccc2)CCC(NC(=O)C(C)(C)Oc2ccc(CCNC(=O)c3ccc(Cl)cc3)cc2)CC1. The Morgan fingerprint density at radius 2 is 1.16 bits per heavy atom. The van der Waals surface area contributed by atoms with Gasteiger partial charge in [-0.2, -0.15) is 0 Å². The maximum Gasteiger partial charge on any atom is 0.345 e. The predicted molar refractivity (Wildman–Crippen MR) is 382 cm³/mol. The smallest absolute Gasteiger partial charge is 0.345 e. The molecule has 0 spiro atoms. The van der Waals surface area contributed by atoms with Gasteiger partial charge < -0.3 is 39.6 Å². The van der Waals surface area contributed by atoms with Crippen LogP contribution in [0, 0.1) is 5.82 Å². The Kier molecular flexibility index (Phi) is 26.0. The van der Waals surface area contributed by atoms with Crippen LogP contribution in [-0.2, 0) is 40.1 Å². The summed E-state index contributed by atoms with van der Waals surface area (Å²) in [5, 5.41) is 11.0. The van der Waals surface area contributed by atoms with Crippen LogP contribution in [0.15, 0.2) is 169 Å². The van der Waals surface area contributed by atoms with E-state index in [-0.39, 0.29) is 58.3 Å². The Morgan fingerprint density at radius 1 is 0.621 bits per heavy atom. The number of halogens is 2. The van der Waals surface area contributed by atoms with Gasteiger partial charge in [-0.15, -0.1) is 0 Å². The maximum atomic E-state index is 15.0. The fourth-order valence-electron chi connectivity index (χ4n) is 15.1. The van der Waals surface area contributed by atoms with Crippen LogP contribution in [0.25, 0.3) is 0 Å². The number of rotatable bonds is 25. The third-order valence-electron chi connectivity index (χ3n) is 21.0. The van der Waals surface area contributed by atoms with E-state index in [1.54, 1.807) is 36.4 Å². The molecule has 0 aromatic heterocycles. The topological polar surface area (TPSA) is 128 Å². The maximum absolute atomic E-state index is 15.0. The Morgan fingerprint density at radius 3 is 1.74 bits per heavy atom. The van der Waals surface area contributed by atoms with Crippen molar-refractivity contribution in [1.82, 2.24) is 30.2 Å². The molecule has 4 aliphatic rings. The van der Waals surface area contributed by atoms with Crippen molar-refractivity contribution in [2.45, 2.75) is 209 Å². The minimum absolute atomic E-state index is 0.0122. The van der Waals surface area contributed by atoms with Crippen molar-refractivity contribution in [3.8, 4) is 11.5 Å². The van der Waals surface area contributed by atoms with E-state index in [2.05, 4.69) is 124 Å². The van der Waals surface area contributed by atoms with Crippen LogP contribution >= 0.6 is 11.6 Å². The molecule has 3 saturated carbocycles. The number of carbonyl (C=O) groups excluding carboxylic acids is 3.